The first kappa shape index (κ1) is 28.7. The van der Waals surface area contributed by atoms with E-state index in [9.17, 15) is 18.9 Å². The van der Waals surface area contributed by atoms with Gasteiger partial charge in [-0.2, -0.15) is 0 Å². The van der Waals surface area contributed by atoms with Crippen molar-refractivity contribution in [3.63, 3.8) is 0 Å². The summed E-state index contributed by atoms with van der Waals surface area (Å²) in [6.07, 6.45) is 1.36. The Bertz CT molecular complexity index is 1170. The van der Waals surface area contributed by atoms with Gasteiger partial charge in [-0.15, -0.1) is 12.4 Å². The lowest BCUT2D eigenvalue weighted by Crippen LogP contribution is -2.29. The standard InChI is InChI=1S/C11H12FN3O2S.C11H14FN3S.ClH/c1-11(4-5-18-10(13)14-11)8-6-7(15(16)17)2-3-9(8)12;1-11(4-5-16-10(14)15-11)8-6-7(13)2-3-9(8)12;/h2-3,6H,4-5H2,1H3,(H2,13,14);2-3,6H,4-5,13H2,1H3,(H2,14,15);1H/t2*11-;/m00./s1. The molecule has 0 spiro atoms. The van der Waals surface area contributed by atoms with Crippen LogP contribution in [0.5, 0.6) is 0 Å². The molecule has 0 aliphatic carbocycles. The maximum absolute atomic E-state index is 13.9. The molecule has 2 atom stereocenters. The number of nitrogen functional groups attached to an aromatic ring is 1. The molecule has 2 heterocycles. The third-order valence-electron chi connectivity index (χ3n) is 5.70. The van der Waals surface area contributed by atoms with Crippen LogP contribution >= 0.6 is 35.9 Å². The molecule has 0 radical (unpaired) electrons. The van der Waals surface area contributed by atoms with Crippen LogP contribution in [-0.2, 0) is 11.1 Å². The Balaban J connectivity index is 0.000000241. The van der Waals surface area contributed by atoms with Gasteiger partial charge in [0, 0.05) is 40.5 Å². The molecule has 0 saturated heterocycles. The Labute approximate surface area is 216 Å². The van der Waals surface area contributed by atoms with Gasteiger partial charge in [0.05, 0.1) is 16.0 Å². The second kappa shape index (κ2) is 11.4. The van der Waals surface area contributed by atoms with Gasteiger partial charge in [0.2, 0.25) is 0 Å². The SMILES string of the molecule is C[C@@]1(c2cc(N)ccc2F)CCSC(N)=N1.C[C@@]1(c2cc([N+](=O)[O-])ccc2F)CCSC(N)=N1.Cl. The molecule has 0 unspecified atom stereocenters. The second-order valence-electron chi connectivity index (χ2n) is 8.31. The number of nitrogens with two attached hydrogens (primary N) is 3. The molecule has 2 aliphatic rings. The average Bonchev–Trinajstić information content (AvgIpc) is 2.75. The summed E-state index contributed by atoms with van der Waals surface area (Å²) in [5.74, 6) is 0.792. The van der Waals surface area contributed by atoms with Crippen molar-refractivity contribution in [3.8, 4) is 0 Å². The summed E-state index contributed by atoms with van der Waals surface area (Å²) in [5.41, 5.74) is 16.8. The Morgan fingerprint density at radius 1 is 0.886 bits per heavy atom. The Kier molecular flexibility index (Phi) is 9.37. The van der Waals surface area contributed by atoms with Crippen LogP contribution in [0.15, 0.2) is 46.4 Å². The summed E-state index contributed by atoms with van der Waals surface area (Å²) in [7, 11) is 0. The lowest BCUT2D eigenvalue weighted by atomic mass is 9.89. The summed E-state index contributed by atoms with van der Waals surface area (Å²) >= 11 is 2.90. The highest BCUT2D eigenvalue weighted by Gasteiger charge is 2.34. The molecule has 6 N–H and O–H groups in total. The Hall–Kier alpha value is -2.57. The van der Waals surface area contributed by atoms with Crippen molar-refractivity contribution in [1.29, 1.82) is 0 Å². The molecule has 13 heteroatoms. The molecule has 0 amide bonds. The molecular weight excluding hydrogens is 518 g/mol. The topological polar surface area (TPSA) is 146 Å². The molecule has 190 valence electrons. The fraction of sp³-hybridized carbons (Fsp3) is 0.364. The van der Waals surface area contributed by atoms with Crippen LogP contribution in [-0.4, -0.2) is 26.8 Å². The Morgan fingerprint density at radius 3 is 1.80 bits per heavy atom. The maximum Gasteiger partial charge on any atom is 0.270 e. The van der Waals surface area contributed by atoms with E-state index in [1.54, 1.807) is 19.1 Å². The van der Waals surface area contributed by atoms with Gasteiger partial charge >= 0.3 is 0 Å². The molecule has 0 aromatic heterocycles. The predicted molar refractivity (Wildman–Crippen MR) is 143 cm³/mol. The van der Waals surface area contributed by atoms with Crippen molar-refractivity contribution in [2.24, 2.45) is 21.5 Å². The van der Waals surface area contributed by atoms with Gasteiger partial charge in [0.1, 0.15) is 11.6 Å². The Morgan fingerprint density at radius 2 is 1.34 bits per heavy atom. The second-order valence-corrected chi connectivity index (χ2v) is 10.5. The summed E-state index contributed by atoms with van der Waals surface area (Å²) in [4.78, 5) is 18.8. The lowest BCUT2D eigenvalue weighted by molar-refractivity contribution is -0.385. The summed E-state index contributed by atoms with van der Waals surface area (Å²) in [6, 6.07) is 8.05. The number of thioether (sulfide) groups is 2. The zero-order chi connectivity index (χ0) is 25.1. The van der Waals surface area contributed by atoms with Gasteiger partial charge in [0.25, 0.3) is 5.69 Å². The van der Waals surface area contributed by atoms with Gasteiger partial charge in [-0.05, 0) is 51.0 Å². The number of hydrogen-bond donors (Lipinski definition) is 3. The van der Waals surface area contributed by atoms with Gasteiger partial charge in [-0.1, -0.05) is 23.5 Å². The van der Waals surface area contributed by atoms with E-state index < -0.39 is 21.8 Å². The van der Waals surface area contributed by atoms with Crippen molar-refractivity contribution in [2.45, 2.75) is 37.8 Å². The number of hydrogen-bond acceptors (Lipinski definition) is 9. The van der Waals surface area contributed by atoms with Crippen LogP contribution in [0, 0.1) is 21.7 Å². The molecule has 35 heavy (non-hydrogen) atoms. The van der Waals surface area contributed by atoms with Gasteiger partial charge in [-0.25, -0.2) is 8.78 Å². The van der Waals surface area contributed by atoms with E-state index in [0.717, 1.165) is 24.3 Å². The van der Waals surface area contributed by atoms with Crippen molar-refractivity contribution in [1.82, 2.24) is 0 Å². The van der Waals surface area contributed by atoms with Gasteiger partial charge in [0.15, 0.2) is 10.3 Å². The summed E-state index contributed by atoms with van der Waals surface area (Å²) < 4.78 is 27.6. The van der Waals surface area contributed by atoms with Crippen LogP contribution in [0.2, 0.25) is 0 Å². The minimum atomic E-state index is -0.828. The normalized spacial score (nSPS) is 23.7. The number of nitro benzene ring substituents is 1. The fourth-order valence-corrected chi connectivity index (χ4v) is 5.71. The number of amidine groups is 2. The van der Waals surface area contributed by atoms with Crippen LogP contribution in [0.3, 0.4) is 0 Å². The highest BCUT2D eigenvalue weighted by molar-refractivity contribution is 8.14. The monoisotopic (exact) mass is 544 g/mol. The molecule has 2 aliphatic heterocycles. The molecule has 0 bridgehead atoms. The first-order valence-electron chi connectivity index (χ1n) is 10.4. The molecule has 0 saturated carbocycles. The van der Waals surface area contributed by atoms with Crippen LogP contribution in [0.4, 0.5) is 20.2 Å². The van der Waals surface area contributed by atoms with Crippen LogP contribution in [0.1, 0.15) is 37.8 Å². The number of benzene rings is 2. The fourth-order valence-electron chi connectivity index (χ4n) is 3.76. The number of aliphatic imine (C=N–C) groups is 2. The highest BCUT2D eigenvalue weighted by atomic mass is 35.5. The molecule has 4 rings (SSSR count). The number of nitrogens with zero attached hydrogens (tertiary/aromatic N) is 3. The van der Waals surface area contributed by atoms with Crippen molar-refractivity contribution in [3.05, 3.63) is 69.3 Å². The molecule has 8 nitrogen and oxygen atoms in total. The number of anilines is 1. The largest absolute Gasteiger partial charge is 0.399 e. The van der Waals surface area contributed by atoms with E-state index >= 15 is 0 Å². The number of non-ortho nitro benzene ring substituents is 1. The van der Waals surface area contributed by atoms with E-state index in [1.165, 1.54) is 35.7 Å². The molecule has 2 aromatic carbocycles. The first-order chi connectivity index (χ1) is 15.9. The predicted octanol–water partition coefficient (Wildman–Crippen LogP) is 4.90. The van der Waals surface area contributed by atoms with E-state index in [2.05, 4.69) is 9.98 Å². The van der Waals surface area contributed by atoms with Gasteiger partial charge < -0.3 is 17.2 Å². The molecule has 0 fully saturated rings. The number of halogens is 3. The highest BCUT2D eigenvalue weighted by Crippen LogP contribution is 2.38. The van der Waals surface area contributed by atoms with Crippen LogP contribution < -0.4 is 17.2 Å². The van der Waals surface area contributed by atoms with E-state index in [-0.39, 0.29) is 29.5 Å². The van der Waals surface area contributed by atoms with Crippen molar-refractivity contribution >= 4 is 57.6 Å². The average molecular weight is 545 g/mol. The van der Waals surface area contributed by atoms with E-state index in [0.29, 0.717) is 33.8 Å². The quantitative estimate of drug-likeness (QED) is 0.283. The van der Waals surface area contributed by atoms with Crippen molar-refractivity contribution < 1.29 is 13.7 Å². The first-order valence-corrected chi connectivity index (χ1v) is 12.4. The zero-order valence-corrected chi connectivity index (χ0v) is 21.6. The smallest absolute Gasteiger partial charge is 0.270 e. The third kappa shape index (κ3) is 6.77. The maximum atomic E-state index is 13.9. The minimum Gasteiger partial charge on any atom is -0.399 e. The minimum absolute atomic E-state index is 0. The zero-order valence-electron chi connectivity index (χ0n) is 19.2. The molecular formula is C22H27ClF2N6O2S2. The van der Waals surface area contributed by atoms with Crippen molar-refractivity contribution in [2.75, 3.05) is 17.2 Å². The summed E-state index contributed by atoms with van der Waals surface area (Å²) in [5, 5.41) is 11.6. The van der Waals surface area contributed by atoms with Gasteiger partial charge in [-0.3, -0.25) is 20.1 Å². The number of nitro groups is 1. The van der Waals surface area contributed by atoms with Crippen LogP contribution in [0.25, 0.3) is 0 Å². The lowest BCUT2D eigenvalue weighted by Gasteiger charge is -2.30. The molecule has 2 aromatic rings. The summed E-state index contributed by atoms with van der Waals surface area (Å²) in [6.45, 7) is 3.62. The third-order valence-corrected chi connectivity index (χ3v) is 7.29. The van der Waals surface area contributed by atoms with E-state index in [4.69, 9.17) is 17.2 Å². The van der Waals surface area contributed by atoms with E-state index in [1.807, 2.05) is 6.92 Å². The number of rotatable bonds is 3.